The highest BCUT2D eigenvalue weighted by Crippen LogP contribution is 2.36. The van der Waals surface area contributed by atoms with Gasteiger partial charge in [-0.3, -0.25) is 14.6 Å². The monoisotopic (exact) mass is 580 g/mol. The number of urea groups is 1. The van der Waals surface area contributed by atoms with Crippen LogP contribution < -0.4 is 19.5 Å². The Hall–Kier alpha value is -4.25. The largest absolute Gasteiger partial charge is 0.497 e. The highest BCUT2D eigenvalue weighted by molar-refractivity contribution is 5.95. The van der Waals surface area contributed by atoms with E-state index >= 15 is 0 Å². The van der Waals surface area contributed by atoms with Gasteiger partial charge in [0, 0.05) is 50.5 Å². The van der Waals surface area contributed by atoms with Gasteiger partial charge in [-0.1, -0.05) is 12.1 Å². The number of likely N-dealkylation sites (N-methyl/N-ethyl adjacent to an activating group) is 1. The molecule has 0 bridgehead atoms. The maximum Gasteiger partial charge on any atom is 0.338 e. The van der Waals surface area contributed by atoms with Crippen molar-refractivity contribution in [3.63, 3.8) is 0 Å². The first-order valence-electron chi connectivity index (χ1n) is 14.2. The molecule has 11 nitrogen and oxygen atoms in total. The first-order chi connectivity index (χ1) is 20.3. The maximum atomic E-state index is 13.5. The molecule has 2 aliphatic rings. The molecule has 4 rings (SSSR count). The maximum absolute atomic E-state index is 13.5. The summed E-state index contributed by atoms with van der Waals surface area (Å²) >= 11 is 0. The first-order valence-corrected chi connectivity index (χ1v) is 14.2. The predicted octanol–water partition coefficient (Wildman–Crippen LogP) is 3.46. The van der Waals surface area contributed by atoms with Crippen molar-refractivity contribution < 1.29 is 33.3 Å². The summed E-state index contributed by atoms with van der Waals surface area (Å²) in [5, 5.41) is 2.99. The third kappa shape index (κ3) is 6.62. The van der Waals surface area contributed by atoms with Gasteiger partial charge in [0.25, 0.3) is 5.91 Å². The number of ether oxygens (including phenoxy) is 4. The zero-order valence-electron chi connectivity index (χ0n) is 25.0. The molecule has 2 aliphatic heterocycles. The van der Waals surface area contributed by atoms with E-state index in [1.807, 2.05) is 24.0 Å². The molecule has 1 N–H and O–H groups in total. The number of methoxy groups -OCH3 is 3. The molecule has 1 fully saturated rings. The Morgan fingerprint density at radius 1 is 0.929 bits per heavy atom. The van der Waals surface area contributed by atoms with Crippen molar-refractivity contribution in [2.45, 2.75) is 26.3 Å². The molecule has 3 amide bonds. The standard InChI is InChI=1S/C31H40N4O7/c1-6-35-24(20-33-14-9-15-34(17-16-33)29(36)22-10-8-11-23(18-22)39-3)27(30(37)42-7-2)28(32-31(35)38)21-12-13-25(40-4)26(19-21)41-5/h8,10-13,18-19,28H,6-7,9,14-17,20H2,1-5H3,(H,32,38). The lowest BCUT2D eigenvalue weighted by molar-refractivity contribution is -0.139. The number of carbonyl (C=O) groups is 3. The van der Waals surface area contributed by atoms with Crippen molar-refractivity contribution in [1.82, 2.24) is 20.0 Å². The fourth-order valence-electron chi connectivity index (χ4n) is 5.42. The molecule has 1 atom stereocenters. The number of carbonyl (C=O) groups excluding carboxylic acids is 3. The van der Waals surface area contributed by atoms with E-state index in [1.54, 1.807) is 56.4 Å². The Labute approximate surface area is 246 Å². The van der Waals surface area contributed by atoms with Crippen LogP contribution in [-0.2, 0) is 9.53 Å². The van der Waals surface area contributed by atoms with Gasteiger partial charge in [-0.2, -0.15) is 0 Å². The van der Waals surface area contributed by atoms with Crippen LogP contribution in [0.4, 0.5) is 4.79 Å². The molecule has 1 saturated heterocycles. The fourth-order valence-corrected chi connectivity index (χ4v) is 5.42. The van der Waals surface area contributed by atoms with Gasteiger partial charge in [-0.05, 0) is 56.2 Å². The lowest BCUT2D eigenvalue weighted by Crippen LogP contribution is -2.51. The Morgan fingerprint density at radius 2 is 1.71 bits per heavy atom. The van der Waals surface area contributed by atoms with Crippen LogP contribution in [0.15, 0.2) is 53.7 Å². The molecular weight excluding hydrogens is 540 g/mol. The van der Waals surface area contributed by atoms with Crippen molar-refractivity contribution in [3.05, 3.63) is 64.9 Å². The minimum atomic E-state index is -0.743. The van der Waals surface area contributed by atoms with Crippen molar-refractivity contribution in [2.75, 3.05) is 67.2 Å². The molecule has 2 aromatic rings. The SMILES string of the molecule is CCOC(=O)C1=C(CN2CCCN(C(=O)c3cccc(OC)c3)CC2)N(CC)C(=O)NC1c1ccc(OC)c(OC)c1. The molecule has 0 spiro atoms. The van der Waals surface area contributed by atoms with Crippen LogP contribution in [0.1, 0.15) is 42.2 Å². The van der Waals surface area contributed by atoms with Crippen LogP contribution in [0, 0.1) is 0 Å². The number of amides is 3. The summed E-state index contributed by atoms with van der Waals surface area (Å²) in [4.78, 5) is 45.8. The van der Waals surface area contributed by atoms with Crippen LogP contribution in [-0.4, -0.2) is 99.8 Å². The molecule has 226 valence electrons. The highest BCUT2D eigenvalue weighted by Gasteiger charge is 2.39. The Morgan fingerprint density at radius 3 is 2.40 bits per heavy atom. The number of benzene rings is 2. The van der Waals surface area contributed by atoms with Crippen LogP contribution in [0.25, 0.3) is 0 Å². The van der Waals surface area contributed by atoms with Crippen LogP contribution in [0.5, 0.6) is 17.2 Å². The summed E-state index contributed by atoms with van der Waals surface area (Å²) < 4.78 is 21.7. The molecule has 2 heterocycles. The van der Waals surface area contributed by atoms with E-state index in [1.165, 1.54) is 7.11 Å². The molecule has 1 unspecified atom stereocenters. The van der Waals surface area contributed by atoms with Crippen molar-refractivity contribution in [2.24, 2.45) is 0 Å². The highest BCUT2D eigenvalue weighted by atomic mass is 16.5. The number of hydrogen-bond donors (Lipinski definition) is 1. The molecule has 0 aliphatic carbocycles. The minimum absolute atomic E-state index is 0.0528. The molecule has 0 aromatic heterocycles. The van der Waals surface area contributed by atoms with Crippen molar-refractivity contribution in [1.29, 1.82) is 0 Å². The Balaban J connectivity index is 1.64. The van der Waals surface area contributed by atoms with E-state index in [0.29, 0.717) is 78.9 Å². The summed E-state index contributed by atoms with van der Waals surface area (Å²) in [6, 6.07) is 11.4. The second-order valence-electron chi connectivity index (χ2n) is 9.98. The molecule has 2 aromatic carbocycles. The summed E-state index contributed by atoms with van der Waals surface area (Å²) in [5.41, 5.74) is 2.21. The first kappa shape index (κ1) is 30.7. The summed E-state index contributed by atoms with van der Waals surface area (Å²) in [7, 11) is 4.66. The summed E-state index contributed by atoms with van der Waals surface area (Å²) in [6.07, 6.45) is 0.745. The van der Waals surface area contributed by atoms with Crippen molar-refractivity contribution in [3.8, 4) is 17.2 Å². The number of esters is 1. The summed E-state index contributed by atoms with van der Waals surface area (Å²) in [5.74, 6) is 1.12. The van der Waals surface area contributed by atoms with Gasteiger partial charge in [-0.15, -0.1) is 0 Å². The third-order valence-electron chi connectivity index (χ3n) is 7.56. The number of rotatable bonds is 10. The van der Waals surface area contributed by atoms with E-state index in [2.05, 4.69) is 10.2 Å². The lowest BCUT2D eigenvalue weighted by atomic mass is 9.93. The number of nitrogens with zero attached hydrogens (tertiary/aromatic N) is 3. The van der Waals surface area contributed by atoms with Gasteiger partial charge in [0.2, 0.25) is 0 Å². The zero-order chi connectivity index (χ0) is 30.2. The van der Waals surface area contributed by atoms with Crippen LogP contribution in [0.2, 0.25) is 0 Å². The number of nitrogens with one attached hydrogen (secondary N) is 1. The van der Waals surface area contributed by atoms with Crippen molar-refractivity contribution >= 4 is 17.9 Å². The van der Waals surface area contributed by atoms with Crippen LogP contribution >= 0.6 is 0 Å². The third-order valence-corrected chi connectivity index (χ3v) is 7.56. The van der Waals surface area contributed by atoms with E-state index in [-0.39, 0.29) is 18.5 Å². The normalized spacial score (nSPS) is 17.8. The van der Waals surface area contributed by atoms with E-state index in [9.17, 15) is 14.4 Å². The predicted molar refractivity (Wildman–Crippen MR) is 157 cm³/mol. The van der Waals surface area contributed by atoms with E-state index in [4.69, 9.17) is 18.9 Å². The smallest absolute Gasteiger partial charge is 0.338 e. The van der Waals surface area contributed by atoms with Gasteiger partial charge in [0.05, 0.1) is 39.6 Å². The lowest BCUT2D eigenvalue weighted by Gasteiger charge is -2.38. The summed E-state index contributed by atoms with van der Waals surface area (Å²) in [6.45, 7) is 6.92. The molecule has 0 saturated carbocycles. The molecular formula is C31H40N4O7. The topological polar surface area (TPSA) is 110 Å². The molecule has 0 radical (unpaired) electrons. The number of hydrogen-bond acceptors (Lipinski definition) is 8. The van der Waals surface area contributed by atoms with E-state index < -0.39 is 12.0 Å². The van der Waals surface area contributed by atoms with Gasteiger partial charge in [0.15, 0.2) is 11.5 Å². The fraction of sp³-hybridized carbons (Fsp3) is 0.452. The van der Waals surface area contributed by atoms with Gasteiger partial charge in [-0.25, -0.2) is 9.59 Å². The zero-order valence-corrected chi connectivity index (χ0v) is 25.0. The van der Waals surface area contributed by atoms with Crippen LogP contribution in [0.3, 0.4) is 0 Å². The second kappa shape index (κ2) is 14.1. The Bertz CT molecular complexity index is 1330. The molecule has 42 heavy (non-hydrogen) atoms. The van der Waals surface area contributed by atoms with Gasteiger partial charge in [0.1, 0.15) is 5.75 Å². The molecule has 11 heteroatoms. The quantitative estimate of drug-likeness (QED) is 0.426. The van der Waals surface area contributed by atoms with Gasteiger partial charge < -0.3 is 29.2 Å². The minimum Gasteiger partial charge on any atom is -0.497 e. The average Bonchev–Trinajstić information content (AvgIpc) is 3.25. The Kier molecular flexibility index (Phi) is 10.3. The van der Waals surface area contributed by atoms with E-state index in [0.717, 1.165) is 6.42 Å². The average molecular weight is 581 g/mol. The second-order valence-corrected chi connectivity index (χ2v) is 9.98. The van der Waals surface area contributed by atoms with Gasteiger partial charge >= 0.3 is 12.0 Å².